The summed E-state index contributed by atoms with van der Waals surface area (Å²) in [7, 11) is -3.80. The van der Waals surface area contributed by atoms with Crippen LogP contribution < -0.4 is 14.8 Å². The number of carbonyl (C=O) groups is 1. The first-order valence-corrected chi connectivity index (χ1v) is 11.1. The molecular weight excluding hydrogens is 424 g/mol. The predicted octanol–water partition coefficient (Wildman–Crippen LogP) is 4.72. The van der Waals surface area contributed by atoms with Crippen molar-refractivity contribution in [3.8, 4) is 5.75 Å². The molecule has 3 aromatic carbocycles. The van der Waals surface area contributed by atoms with Crippen LogP contribution >= 0.6 is 11.6 Å². The monoisotopic (exact) mass is 444 g/mol. The van der Waals surface area contributed by atoms with Crippen molar-refractivity contribution in [2.24, 2.45) is 0 Å². The lowest BCUT2D eigenvalue weighted by Gasteiger charge is -2.12. The molecule has 0 radical (unpaired) electrons. The van der Waals surface area contributed by atoms with Gasteiger partial charge in [0.2, 0.25) is 0 Å². The second-order valence-electron chi connectivity index (χ2n) is 6.41. The van der Waals surface area contributed by atoms with E-state index in [1.54, 1.807) is 30.3 Å². The molecule has 0 heterocycles. The number of hydrogen-bond donors (Lipinski definition) is 2. The summed E-state index contributed by atoms with van der Waals surface area (Å²) >= 11 is 6.18. The number of para-hydroxylation sites is 2. The predicted molar refractivity (Wildman–Crippen MR) is 119 cm³/mol. The summed E-state index contributed by atoms with van der Waals surface area (Å²) in [6, 6.07) is 20.1. The molecule has 3 rings (SSSR count). The van der Waals surface area contributed by atoms with Gasteiger partial charge in [0.1, 0.15) is 5.75 Å². The number of anilines is 2. The molecule has 0 bridgehead atoms. The lowest BCUT2D eigenvalue weighted by Crippen LogP contribution is -2.21. The van der Waals surface area contributed by atoms with Crippen molar-refractivity contribution in [1.29, 1.82) is 0 Å². The summed E-state index contributed by atoms with van der Waals surface area (Å²) in [6.45, 7) is 1.75. The van der Waals surface area contributed by atoms with Crippen molar-refractivity contribution in [3.63, 3.8) is 0 Å². The number of amides is 1. The molecular formula is C22H21ClN2O4S. The Hall–Kier alpha value is -3.03. The van der Waals surface area contributed by atoms with Crippen molar-refractivity contribution in [1.82, 2.24) is 0 Å². The van der Waals surface area contributed by atoms with Gasteiger partial charge in [-0.1, -0.05) is 54.9 Å². The van der Waals surface area contributed by atoms with Crippen molar-refractivity contribution in [2.45, 2.75) is 18.2 Å². The van der Waals surface area contributed by atoms with Gasteiger partial charge < -0.3 is 10.1 Å². The fraction of sp³-hybridized carbons (Fsp3) is 0.136. The number of rotatable bonds is 8. The van der Waals surface area contributed by atoms with Crippen LogP contribution in [0.4, 0.5) is 11.4 Å². The Morgan fingerprint density at radius 1 is 1.00 bits per heavy atom. The average molecular weight is 445 g/mol. The molecule has 6 nitrogen and oxygen atoms in total. The molecule has 156 valence electrons. The third-order valence-corrected chi connectivity index (χ3v) is 5.95. The zero-order chi connectivity index (χ0) is 21.6. The average Bonchev–Trinajstić information content (AvgIpc) is 2.73. The third-order valence-electron chi connectivity index (χ3n) is 4.27. The van der Waals surface area contributed by atoms with Crippen LogP contribution in [0.1, 0.15) is 12.5 Å². The molecule has 0 spiro atoms. The second-order valence-corrected chi connectivity index (χ2v) is 8.50. The van der Waals surface area contributed by atoms with E-state index in [9.17, 15) is 13.2 Å². The minimum Gasteiger partial charge on any atom is -0.482 e. The minimum atomic E-state index is -3.80. The van der Waals surface area contributed by atoms with Gasteiger partial charge in [0, 0.05) is 11.4 Å². The molecule has 0 aromatic heterocycles. The molecule has 0 aliphatic rings. The molecule has 2 N–H and O–H groups in total. The lowest BCUT2D eigenvalue weighted by atomic mass is 10.1. The first-order chi connectivity index (χ1) is 14.4. The molecule has 1 amide bonds. The molecule has 3 aromatic rings. The van der Waals surface area contributed by atoms with E-state index >= 15 is 0 Å². The van der Waals surface area contributed by atoms with Gasteiger partial charge >= 0.3 is 0 Å². The summed E-state index contributed by atoms with van der Waals surface area (Å²) in [6.07, 6.45) is 0.788. The molecule has 0 aliphatic heterocycles. The Bertz CT molecular complexity index is 1130. The number of carbonyl (C=O) groups excluding carboxylic acids is 1. The van der Waals surface area contributed by atoms with Crippen LogP contribution in [0, 0.1) is 0 Å². The highest BCUT2D eigenvalue weighted by Gasteiger charge is 2.17. The fourth-order valence-electron chi connectivity index (χ4n) is 2.77. The molecule has 0 saturated carbocycles. The van der Waals surface area contributed by atoms with Gasteiger partial charge in [0.25, 0.3) is 15.9 Å². The zero-order valence-corrected chi connectivity index (χ0v) is 17.8. The van der Waals surface area contributed by atoms with Gasteiger partial charge in [0.05, 0.1) is 9.92 Å². The molecule has 0 saturated heterocycles. The van der Waals surface area contributed by atoms with Gasteiger partial charge in [-0.05, 0) is 48.4 Å². The number of halogens is 1. The largest absolute Gasteiger partial charge is 0.482 e. The quantitative estimate of drug-likeness (QED) is 0.526. The molecule has 0 atom stereocenters. The first kappa shape index (κ1) is 21.7. The van der Waals surface area contributed by atoms with E-state index in [0.29, 0.717) is 5.69 Å². The van der Waals surface area contributed by atoms with Crippen molar-refractivity contribution >= 4 is 38.9 Å². The maximum absolute atomic E-state index is 12.5. The van der Waals surface area contributed by atoms with Crippen molar-refractivity contribution in [2.75, 3.05) is 16.6 Å². The fourth-order valence-corrected chi connectivity index (χ4v) is 4.15. The van der Waals surface area contributed by atoms with E-state index in [4.69, 9.17) is 16.3 Å². The maximum atomic E-state index is 12.5. The van der Waals surface area contributed by atoms with E-state index in [1.807, 2.05) is 31.2 Å². The Labute approximate surface area is 180 Å². The Morgan fingerprint density at radius 2 is 1.70 bits per heavy atom. The normalized spacial score (nSPS) is 11.0. The van der Waals surface area contributed by atoms with E-state index < -0.39 is 10.0 Å². The van der Waals surface area contributed by atoms with Gasteiger partial charge in [-0.25, -0.2) is 8.42 Å². The number of hydrogen-bond acceptors (Lipinski definition) is 4. The number of aryl methyl sites for hydroxylation is 1. The summed E-state index contributed by atoms with van der Waals surface area (Å²) in [5.74, 6) is -0.122. The van der Waals surface area contributed by atoms with E-state index in [2.05, 4.69) is 10.0 Å². The van der Waals surface area contributed by atoms with E-state index in [-0.39, 0.29) is 28.2 Å². The second kappa shape index (κ2) is 9.65. The zero-order valence-electron chi connectivity index (χ0n) is 16.3. The SMILES string of the molecule is CCc1ccccc1NC(=O)COc1ccc(S(=O)(=O)Nc2ccccc2)cc1Cl. The van der Waals surface area contributed by atoms with E-state index in [1.165, 1.54) is 18.2 Å². The van der Waals surface area contributed by atoms with Crippen LogP contribution in [0.25, 0.3) is 0 Å². The van der Waals surface area contributed by atoms with Gasteiger partial charge in [-0.2, -0.15) is 0 Å². The molecule has 8 heteroatoms. The minimum absolute atomic E-state index is 0.00923. The highest BCUT2D eigenvalue weighted by Crippen LogP contribution is 2.28. The third kappa shape index (κ3) is 5.52. The topological polar surface area (TPSA) is 84.5 Å². The lowest BCUT2D eigenvalue weighted by molar-refractivity contribution is -0.118. The number of nitrogens with one attached hydrogen (secondary N) is 2. The van der Waals surface area contributed by atoms with Crippen LogP contribution in [-0.2, 0) is 21.2 Å². The molecule has 0 aliphatic carbocycles. The highest BCUT2D eigenvalue weighted by molar-refractivity contribution is 7.92. The first-order valence-electron chi connectivity index (χ1n) is 9.27. The van der Waals surface area contributed by atoms with Crippen LogP contribution in [0.15, 0.2) is 77.7 Å². The smallest absolute Gasteiger partial charge is 0.262 e. The summed E-state index contributed by atoms with van der Waals surface area (Å²) < 4.78 is 33.0. The van der Waals surface area contributed by atoms with E-state index in [0.717, 1.165) is 17.7 Å². The molecule has 0 fully saturated rings. The van der Waals surface area contributed by atoms with Crippen molar-refractivity contribution in [3.05, 3.63) is 83.4 Å². The summed E-state index contributed by atoms with van der Waals surface area (Å²) in [5, 5.41) is 2.89. The van der Waals surface area contributed by atoms with Crippen LogP contribution in [0.5, 0.6) is 5.75 Å². The highest BCUT2D eigenvalue weighted by atomic mass is 35.5. The number of benzene rings is 3. The maximum Gasteiger partial charge on any atom is 0.262 e. The summed E-state index contributed by atoms with van der Waals surface area (Å²) in [5.41, 5.74) is 2.19. The van der Waals surface area contributed by atoms with Gasteiger partial charge in [0.15, 0.2) is 6.61 Å². The van der Waals surface area contributed by atoms with Gasteiger partial charge in [-0.15, -0.1) is 0 Å². The number of ether oxygens (including phenoxy) is 1. The summed E-state index contributed by atoms with van der Waals surface area (Å²) in [4.78, 5) is 12.2. The molecule has 0 unspecified atom stereocenters. The molecule has 30 heavy (non-hydrogen) atoms. The Balaban J connectivity index is 1.65. The van der Waals surface area contributed by atoms with Crippen LogP contribution in [0.3, 0.4) is 0 Å². The standard InChI is InChI=1S/C22H21ClN2O4S/c1-2-16-8-6-7-11-20(16)24-22(26)15-29-21-13-12-18(14-19(21)23)30(27,28)25-17-9-4-3-5-10-17/h3-14,25H,2,15H2,1H3,(H,24,26). The Morgan fingerprint density at radius 3 is 2.40 bits per heavy atom. The number of sulfonamides is 1. The Kier molecular flexibility index (Phi) is 6.97. The van der Waals surface area contributed by atoms with Crippen LogP contribution in [0.2, 0.25) is 5.02 Å². The van der Waals surface area contributed by atoms with Crippen molar-refractivity contribution < 1.29 is 17.9 Å². The van der Waals surface area contributed by atoms with Gasteiger partial charge in [-0.3, -0.25) is 9.52 Å². The van der Waals surface area contributed by atoms with Crippen LogP contribution in [-0.4, -0.2) is 20.9 Å².